The monoisotopic (exact) mass is 689 g/mol. The van der Waals surface area contributed by atoms with Crippen LogP contribution in [0, 0.1) is 0 Å². The van der Waals surface area contributed by atoms with E-state index in [4.69, 9.17) is 19.3 Å². The molecule has 0 aliphatic carbocycles. The van der Waals surface area contributed by atoms with Crippen LogP contribution in [0.3, 0.4) is 0 Å². The minimum absolute atomic E-state index is 0.216. The normalized spacial score (nSPS) is 12.5. The van der Waals surface area contributed by atoms with E-state index in [1.807, 2.05) is 0 Å². The number of unbranched alkanes of at least 4 members (excludes halogenated alkanes) is 24. The van der Waals surface area contributed by atoms with Gasteiger partial charge < -0.3 is 19.3 Å². The van der Waals surface area contributed by atoms with Gasteiger partial charge in [-0.15, -0.1) is 0 Å². The molecule has 0 radical (unpaired) electrons. The van der Waals surface area contributed by atoms with Gasteiger partial charge in [-0.2, -0.15) is 0 Å². The lowest BCUT2D eigenvalue weighted by molar-refractivity contribution is -0.161. The maximum absolute atomic E-state index is 12.4. The highest BCUT2D eigenvalue weighted by molar-refractivity contribution is 7.46. The van der Waals surface area contributed by atoms with Gasteiger partial charge in [-0.05, 0) is 38.5 Å². The van der Waals surface area contributed by atoms with Crippen LogP contribution in [0.4, 0.5) is 0 Å². The van der Waals surface area contributed by atoms with Crippen LogP contribution in [-0.4, -0.2) is 41.0 Å². The Labute approximate surface area is 288 Å². The quantitative estimate of drug-likeness (QED) is 0.0289. The molecule has 0 aliphatic rings. The topological polar surface area (TPSA) is 119 Å². The van der Waals surface area contributed by atoms with Crippen LogP contribution >= 0.6 is 7.82 Å². The highest BCUT2D eigenvalue weighted by atomic mass is 31.2. The molecule has 0 unspecified atom stereocenters. The summed E-state index contributed by atoms with van der Waals surface area (Å²) in [5, 5.41) is 0. The number of hydrogen-bond donors (Lipinski definition) is 2. The molecule has 0 fully saturated rings. The molecule has 278 valence electrons. The van der Waals surface area contributed by atoms with Crippen molar-refractivity contribution in [1.82, 2.24) is 0 Å². The van der Waals surface area contributed by atoms with Crippen molar-refractivity contribution in [1.29, 1.82) is 0 Å². The second kappa shape index (κ2) is 34.6. The number of allylic oxidation sites excluding steroid dienone is 2. The van der Waals surface area contributed by atoms with E-state index in [-0.39, 0.29) is 19.4 Å². The van der Waals surface area contributed by atoms with Crippen LogP contribution in [0.15, 0.2) is 12.2 Å². The number of phosphoric acid groups is 1. The van der Waals surface area contributed by atoms with E-state index in [0.717, 1.165) is 57.8 Å². The first-order chi connectivity index (χ1) is 22.8. The van der Waals surface area contributed by atoms with Crippen molar-refractivity contribution >= 4 is 19.8 Å². The summed E-state index contributed by atoms with van der Waals surface area (Å²) in [7, 11) is -4.75. The Morgan fingerprint density at radius 3 is 1.32 bits per heavy atom. The second-order valence-corrected chi connectivity index (χ2v) is 14.5. The number of hydrogen-bond acceptors (Lipinski definition) is 6. The number of phosphoric ester groups is 1. The molecule has 0 spiro atoms. The van der Waals surface area contributed by atoms with E-state index < -0.39 is 32.5 Å². The fourth-order valence-corrected chi connectivity index (χ4v) is 5.96. The molecule has 0 aliphatic heterocycles. The van der Waals surface area contributed by atoms with Crippen LogP contribution in [0.2, 0.25) is 0 Å². The van der Waals surface area contributed by atoms with Gasteiger partial charge >= 0.3 is 19.8 Å². The van der Waals surface area contributed by atoms with Crippen LogP contribution in [-0.2, 0) is 28.2 Å². The molecule has 9 heteroatoms. The summed E-state index contributed by atoms with van der Waals surface area (Å²) < 4.78 is 26.3. The van der Waals surface area contributed by atoms with Crippen LogP contribution < -0.4 is 0 Å². The summed E-state index contributed by atoms with van der Waals surface area (Å²) in [6, 6.07) is 0. The van der Waals surface area contributed by atoms with Gasteiger partial charge in [0.25, 0.3) is 0 Å². The molecule has 0 bridgehead atoms. The molecular formula is C38H73O8P. The van der Waals surface area contributed by atoms with Gasteiger partial charge in [0.2, 0.25) is 0 Å². The standard InChI is InChI=1S/C38H73O8P/c1-3-5-7-9-11-13-15-17-18-19-21-23-25-27-29-31-33-38(40)46-36(35-45-47(41,42)43)34-44-37(39)32-30-28-26-24-22-20-16-14-12-10-8-6-4-2/h14,16,36H,3-13,15,17-35H2,1-2H3,(H2,41,42,43)/b16-14-/t36-/m1/s1. The van der Waals surface area contributed by atoms with E-state index in [1.165, 1.54) is 109 Å². The number of rotatable bonds is 36. The average molecular weight is 689 g/mol. The van der Waals surface area contributed by atoms with E-state index in [2.05, 4.69) is 30.5 Å². The molecule has 0 aromatic heterocycles. The van der Waals surface area contributed by atoms with Crippen molar-refractivity contribution in [2.45, 2.75) is 206 Å². The van der Waals surface area contributed by atoms with Crippen molar-refractivity contribution in [2.75, 3.05) is 13.2 Å². The van der Waals surface area contributed by atoms with E-state index in [1.54, 1.807) is 0 Å². The predicted octanol–water partition coefficient (Wildman–Crippen LogP) is 11.5. The fraction of sp³-hybridized carbons (Fsp3) is 0.895. The highest BCUT2D eigenvalue weighted by Gasteiger charge is 2.22. The molecule has 0 rings (SSSR count). The number of ether oxygens (including phenoxy) is 2. The van der Waals surface area contributed by atoms with Crippen molar-refractivity contribution in [3.05, 3.63) is 12.2 Å². The summed E-state index contributed by atoms with van der Waals surface area (Å²) in [6.07, 6.45) is 36.4. The maximum Gasteiger partial charge on any atom is 0.469 e. The summed E-state index contributed by atoms with van der Waals surface area (Å²) in [5.74, 6) is -0.886. The van der Waals surface area contributed by atoms with Crippen LogP contribution in [0.1, 0.15) is 200 Å². The van der Waals surface area contributed by atoms with Gasteiger partial charge in [0, 0.05) is 12.8 Å². The molecule has 0 saturated heterocycles. The Kier molecular flexibility index (Phi) is 33.8. The lowest BCUT2D eigenvalue weighted by Crippen LogP contribution is -2.29. The van der Waals surface area contributed by atoms with Crippen molar-refractivity contribution in [3.8, 4) is 0 Å². The molecule has 0 saturated carbocycles. The lowest BCUT2D eigenvalue weighted by atomic mass is 10.0. The Morgan fingerprint density at radius 2 is 0.894 bits per heavy atom. The predicted molar refractivity (Wildman–Crippen MR) is 193 cm³/mol. The first-order valence-electron chi connectivity index (χ1n) is 19.5. The second-order valence-electron chi connectivity index (χ2n) is 13.3. The third-order valence-electron chi connectivity index (χ3n) is 8.53. The minimum Gasteiger partial charge on any atom is -0.462 e. The lowest BCUT2D eigenvalue weighted by Gasteiger charge is -2.18. The van der Waals surface area contributed by atoms with Gasteiger partial charge in [0.15, 0.2) is 6.10 Å². The molecule has 0 aromatic rings. The zero-order valence-electron chi connectivity index (χ0n) is 30.4. The van der Waals surface area contributed by atoms with Gasteiger partial charge in [-0.25, -0.2) is 4.57 Å². The van der Waals surface area contributed by atoms with Crippen LogP contribution in [0.5, 0.6) is 0 Å². The van der Waals surface area contributed by atoms with E-state index in [0.29, 0.717) is 6.42 Å². The summed E-state index contributed by atoms with van der Waals surface area (Å²) in [5.41, 5.74) is 0. The number of carbonyl (C=O) groups is 2. The fourth-order valence-electron chi connectivity index (χ4n) is 5.60. The first kappa shape index (κ1) is 45.8. The highest BCUT2D eigenvalue weighted by Crippen LogP contribution is 2.36. The summed E-state index contributed by atoms with van der Waals surface area (Å²) in [4.78, 5) is 42.7. The summed E-state index contributed by atoms with van der Waals surface area (Å²) in [6.45, 7) is 3.67. The molecule has 1 atom stereocenters. The Morgan fingerprint density at radius 1 is 0.532 bits per heavy atom. The first-order valence-corrected chi connectivity index (χ1v) is 21.0. The maximum atomic E-state index is 12.4. The molecule has 8 nitrogen and oxygen atoms in total. The molecular weight excluding hydrogens is 615 g/mol. The SMILES string of the molecule is CCCCCC/C=C\CCCCCCCC(=O)OC[C@H](COP(=O)(O)O)OC(=O)CCCCCCCCCCCCCCCCCC. The Hall–Kier alpha value is -1.21. The third kappa shape index (κ3) is 37.5. The zero-order valence-corrected chi connectivity index (χ0v) is 31.3. The smallest absolute Gasteiger partial charge is 0.462 e. The number of carbonyl (C=O) groups excluding carboxylic acids is 2. The van der Waals surface area contributed by atoms with E-state index >= 15 is 0 Å². The third-order valence-corrected chi connectivity index (χ3v) is 9.02. The van der Waals surface area contributed by atoms with Gasteiger partial charge in [-0.3, -0.25) is 14.1 Å². The van der Waals surface area contributed by atoms with Crippen molar-refractivity contribution in [3.63, 3.8) is 0 Å². The van der Waals surface area contributed by atoms with Crippen molar-refractivity contribution in [2.24, 2.45) is 0 Å². The number of esters is 2. The molecule has 0 heterocycles. The van der Waals surface area contributed by atoms with Gasteiger partial charge in [0.1, 0.15) is 6.61 Å². The average Bonchev–Trinajstić information content (AvgIpc) is 3.03. The van der Waals surface area contributed by atoms with E-state index in [9.17, 15) is 14.2 Å². The Balaban J connectivity index is 3.93. The van der Waals surface area contributed by atoms with Gasteiger partial charge in [-0.1, -0.05) is 161 Å². The van der Waals surface area contributed by atoms with Crippen LogP contribution in [0.25, 0.3) is 0 Å². The largest absolute Gasteiger partial charge is 0.469 e. The van der Waals surface area contributed by atoms with Crippen molar-refractivity contribution < 1.29 is 37.9 Å². The molecule has 0 aromatic carbocycles. The molecule has 0 amide bonds. The molecule has 2 N–H and O–H groups in total. The van der Waals surface area contributed by atoms with Gasteiger partial charge in [0.05, 0.1) is 6.61 Å². The zero-order chi connectivity index (χ0) is 34.7. The summed E-state index contributed by atoms with van der Waals surface area (Å²) >= 11 is 0. The minimum atomic E-state index is -4.75. The molecule has 47 heavy (non-hydrogen) atoms. The Bertz CT molecular complexity index is 782.